The van der Waals surface area contributed by atoms with Gasteiger partial charge in [0.05, 0.1) is 18.8 Å². The van der Waals surface area contributed by atoms with Crippen LogP contribution in [0.1, 0.15) is 48.2 Å². The molecule has 1 aliphatic rings. The molecule has 1 aromatic heterocycles. The van der Waals surface area contributed by atoms with Crippen LogP contribution >= 0.6 is 0 Å². The van der Waals surface area contributed by atoms with Crippen molar-refractivity contribution in [3.05, 3.63) is 47.5 Å². The minimum absolute atomic E-state index is 0.0137. The third kappa shape index (κ3) is 3.70. The zero-order chi connectivity index (χ0) is 16.2. The summed E-state index contributed by atoms with van der Waals surface area (Å²) in [6.07, 6.45) is 6.77. The van der Waals surface area contributed by atoms with Crippen molar-refractivity contribution >= 4 is 5.97 Å². The Balaban J connectivity index is 1.81. The van der Waals surface area contributed by atoms with E-state index in [0.29, 0.717) is 11.3 Å². The van der Waals surface area contributed by atoms with E-state index in [-0.39, 0.29) is 24.2 Å². The summed E-state index contributed by atoms with van der Waals surface area (Å²) in [5.74, 6) is -1.16. The van der Waals surface area contributed by atoms with Crippen LogP contribution in [0, 0.1) is 5.82 Å². The molecule has 0 radical (unpaired) electrons. The summed E-state index contributed by atoms with van der Waals surface area (Å²) in [6.45, 7) is 0.188. The van der Waals surface area contributed by atoms with Gasteiger partial charge in [-0.3, -0.25) is 4.68 Å². The maximum atomic E-state index is 13.3. The molecule has 0 atom stereocenters. The number of benzene rings is 1. The molecule has 5 nitrogen and oxygen atoms in total. The van der Waals surface area contributed by atoms with Gasteiger partial charge in [-0.2, -0.15) is 5.10 Å². The fourth-order valence-corrected chi connectivity index (χ4v) is 2.96. The predicted molar refractivity (Wildman–Crippen MR) is 82.2 cm³/mol. The first kappa shape index (κ1) is 15.5. The van der Waals surface area contributed by atoms with E-state index in [4.69, 9.17) is 4.74 Å². The van der Waals surface area contributed by atoms with E-state index in [0.717, 1.165) is 25.7 Å². The second-order valence-electron chi connectivity index (χ2n) is 5.83. The Labute approximate surface area is 133 Å². The van der Waals surface area contributed by atoms with Crippen LogP contribution < -0.4 is 4.74 Å². The van der Waals surface area contributed by atoms with E-state index in [2.05, 4.69) is 5.10 Å². The highest BCUT2D eigenvalue weighted by Crippen LogP contribution is 2.26. The molecule has 1 aliphatic carbocycles. The van der Waals surface area contributed by atoms with Gasteiger partial charge in [-0.15, -0.1) is 0 Å². The van der Waals surface area contributed by atoms with Crippen molar-refractivity contribution < 1.29 is 19.0 Å². The molecule has 0 saturated heterocycles. The SMILES string of the molecule is O=C(O)c1c(OC2CCCCC2)cnn1Cc1cccc(F)c1. The van der Waals surface area contributed by atoms with E-state index in [1.807, 2.05) is 0 Å². The van der Waals surface area contributed by atoms with E-state index in [1.165, 1.54) is 29.4 Å². The van der Waals surface area contributed by atoms with Gasteiger partial charge >= 0.3 is 5.97 Å². The van der Waals surface area contributed by atoms with Gasteiger partial charge in [-0.1, -0.05) is 18.6 Å². The van der Waals surface area contributed by atoms with Gasteiger partial charge in [0.2, 0.25) is 0 Å². The molecular weight excluding hydrogens is 299 g/mol. The van der Waals surface area contributed by atoms with E-state index < -0.39 is 5.97 Å². The number of aromatic carboxylic acids is 1. The van der Waals surface area contributed by atoms with Crippen LogP contribution in [0.4, 0.5) is 4.39 Å². The minimum atomic E-state index is -1.09. The van der Waals surface area contributed by atoms with Crippen molar-refractivity contribution in [1.82, 2.24) is 9.78 Å². The summed E-state index contributed by atoms with van der Waals surface area (Å²) in [5, 5.41) is 13.6. The third-order valence-corrected chi connectivity index (χ3v) is 4.08. The highest BCUT2D eigenvalue weighted by Gasteiger charge is 2.23. The van der Waals surface area contributed by atoms with Gasteiger partial charge in [0.15, 0.2) is 11.4 Å². The highest BCUT2D eigenvalue weighted by molar-refractivity contribution is 5.88. The average molecular weight is 318 g/mol. The van der Waals surface area contributed by atoms with Crippen LogP contribution in [0.15, 0.2) is 30.5 Å². The van der Waals surface area contributed by atoms with Crippen molar-refractivity contribution in [3.8, 4) is 5.75 Å². The molecule has 0 amide bonds. The van der Waals surface area contributed by atoms with Crippen LogP contribution in [-0.2, 0) is 6.54 Å². The number of hydrogen-bond donors (Lipinski definition) is 1. The molecule has 1 aromatic carbocycles. The topological polar surface area (TPSA) is 64.3 Å². The fraction of sp³-hybridized carbons (Fsp3) is 0.412. The normalized spacial score (nSPS) is 15.5. The molecule has 1 N–H and O–H groups in total. The summed E-state index contributed by atoms with van der Waals surface area (Å²) in [5.41, 5.74) is 0.666. The standard InChI is InChI=1S/C17H19FN2O3/c18-13-6-4-5-12(9-13)11-20-16(17(21)22)15(10-19-20)23-14-7-2-1-3-8-14/h4-6,9-10,14H,1-3,7-8,11H2,(H,21,22). The van der Waals surface area contributed by atoms with Gasteiger partial charge in [0.1, 0.15) is 5.82 Å². The number of carboxylic acid groups (broad SMARTS) is 1. The smallest absolute Gasteiger partial charge is 0.358 e. The number of aromatic nitrogens is 2. The first-order valence-electron chi connectivity index (χ1n) is 7.83. The van der Waals surface area contributed by atoms with Crippen molar-refractivity contribution in [1.29, 1.82) is 0 Å². The van der Waals surface area contributed by atoms with Crippen molar-refractivity contribution in [3.63, 3.8) is 0 Å². The molecule has 2 aromatic rings. The first-order valence-corrected chi connectivity index (χ1v) is 7.83. The van der Waals surface area contributed by atoms with Crippen molar-refractivity contribution in [2.45, 2.75) is 44.8 Å². The number of rotatable bonds is 5. The van der Waals surface area contributed by atoms with Gasteiger partial charge in [0, 0.05) is 0 Å². The van der Waals surface area contributed by atoms with E-state index in [9.17, 15) is 14.3 Å². The summed E-state index contributed by atoms with van der Waals surface area (Å²) in [4.78, 5) is 11.6. The number of ether oxygens (including phenoxy) is 1. The number of nitrogens with zero attached hydrogens (tertiary/aromatic N) is 2. The molecule has 6 heteroatoms. The Morgan fingerprint density at radius 3 is 2.83 bits per heavy atom. The van der Waals surface area contributed by atoms with Crippen LogP contribution in [0.25, 0.3) is 0 Å². The minimum Gasteiger partial charge on any atom is -0.486 e. The molecule has 3 rings (SSSR count). The number of carbonyl (C=O) groups is 1. The Bertz CT molecular complexity index is 693. The molecule has 0 bridgehead atoms. The zero-order valence-electron chi connectivity index (χ0n) is 12.7. The molecule has 0 unspecified atom stereocenters. The van der Waals surface area contributed by atoms with Gasteiger partial charge in [-0.25, -0.2) is 9.18 Å². The van der Waals surface area contributed by atoms with Crippen molar-refractivity contribution in [2.24, 2.45) is 0 Å². The maximum absolute atomic E-state index is 13.3. The summed E-state index contributed by atoms with van der Waals surface area (Å²) in [6, 6.07) is 6.05. The monoisotopic (exact) mass is 318 g/mol. The fourth-order valence-electron chi connectivity index (χ4n) is 2.96. The molecular formula is C17H19FN2O3. The highest BCUT2D eigenvalue weighted by atomic mass is 19.1. The van der Waals surface area contributed by atoms with Crippen LogP contribution in [0.5, 0.6) is 5.75 Å². The zero-order valence-corrected chi connectivity index (χ0v) is 12.7. The third-order valence-electron chi connectivity index (χ3n) is 4.08. The summed E-state index contributed by atoms with van der Waals surface area (Å²) in [7, 11) is 0. The largest absolute Gasteiger partial charge is 0.486 e. The second kappa shape index (κ2) is 6.81. The van der Waals surface area contributed by atoms with E-state index in [1.54, 1.807) is 12.1 Å². The molecule has 122 valence electrons. The number of halogens is 1. The summed E-state index contributed by atoms with van der Waals surface area (Å²) < 4.78 is 20.5. The molecule has 0 spiro atoms. The van der Waals surface area contributed by atoms with Crippen LogP contribution in [0.3, 0.4) is 0 Å². The number of hydrogen-bond acceptors (Lipinski definition) is 3. The Hall–Kier alpha value is -2.37. The molecule has 0 aliphatic heterocycles. The Morgan fingerprint density at radius 2 is 2.13 bits per heavy atom. The van der Waals surface area contributed by atoms with Crippen LogP contribution in [-0.4, -0.2) is 27.0 Å². The Kier molecular flexibility index (Phi) is 4.60. The second-order valence-corrected chi connectivity index (χ2v) is 5.83. The Morgan fingerprint density at radius 1 is 1.35 bits per heavy atom. The lowest BCUT2D eigenvalue weighted by molar-refractivity contribution is 0.0672. The van der Waals surface area contributed by atoms with E-state index >= 15 is 0 Å². The van der Waals surface area contributed by atoms with Crippen molar-refractivity contribution in [2.75, 3.05) is 0 Å². The van der Waals surface area contributed by atoms with Gasteiger partial charge < -0.3 is 9.84 Å². The molecule has 1 saturated carbocycles. The van der Waals surface area contributed by atoms with Crippen LogP contribution in [0.2, 0.25) is 0 Å². The lowest BCUT2D eigenvalue weighted by Crippen LogP contribution is -2.21. The quantitative estimate of drug-likeness (QED) is 0.916. The molecule has 1 heterocycles. The van der Waals surface area contributed by atoms with Gasteiger partial charge in [0.25, 0.3) is 0 Å². The lowest BCUT2D eigenvalue weighted by Gasteiger charge is -2.22. The maximum Gasteiger partial charge on any atom is 0.358 e. The predicted octanol–water partition coefficient (Wildman–Crippen LogP) is 3.48. The summed E-state index contributed by atoms with van der Waals surface area (Å²) >= 11 is 0. The lowest BCUT2D eigenvalue weighted by atomic mass is 9.98. The molecule has 1 fully saturated rings. The van der Waals surface area contributed by atoms with Gasteiger partial charge in [-0.05, 0) is 43.4 Å². The first-order chi connectivity index (χ1) is 11.1. The average Bonchev–Trinajstić information content (AvgIpc) is 2.91. The molecule has 23 heavy (non-hydrogen) atoms. The number of carboxylic acids is 1.